The van der Waals surface area contributed by atoms with Crippen molar-refractivity contribution in [2.24, 2.45) is 7.05 Å². The normalized spacial score (nSPS) is 12.2. The Labute approximate surface area is 157 Å². The largest absolute Gasteiger partial charge is 0.460 e. The van der Waals surface area contributed by atoms with E-state index in [1.54, 1.807) is 18.3 Å². The van der Waals surface area contributed by atoms with Crippen molar-refractivity contribution in [3.63, 3.8) is 0 Å². The molecule has 136 valence electrons. The van der Waals surface area contributed by atoms with E-state index in [0.717, 1.165) is 28.5 Å². The Hall–Kier alpha value is -3.18. The van der Waals surface area contributed by atoms with E-state index in [-0.39, 0.29) is 11.9 Å². The van der Waals surface area contributed by atoms with Crippen LogP contribution in [0.15, 0.2) is 83.5 Å². The molecular formula is C22H20FN3O. The first kappa shape index (κ1) is 17.2. The molecule has 4 aromatic rings. The standard InChI is InChI=1S/C22H20FN3O/c1-26-14-13-24-22(26)21(17-5-3-2-4-6-17)25-15-19-11-12-20(27-19)16-7-9-18(23)10-8-16/h2-14,21,25H,15H2,1H3. The molecule has 2 heterocycles. The molecule has 4 rings (SSSR count). The third-order valence-electron chi connectivity index (χ3n) is 4.52. The number of halogens is 1. The van der Waals surface area contributed by atoms with Gasteiger partial charge in [-0.05, 0) is 42.0 Å². The smallest absolute Gasteiger partial charge is 0.134 e. The van der Waals surface area contributed by atoms with Gasteiger partial charge in [0, 0.05) is 25.0 Å². The van der Waals surface area contributed by atoms with Gasteiger partial charge in [-0.3, -0.25) is 5.32 Å². The first-order valence-corrected chi connectivity index (χ1v) is 8.81. The number of nitrogens with one attached hydrogen (secondary N) is 1. The summed E-state index contributed by atoms with van der Waals surface area (Å²) in [6, 6.07) is 20.3. The van der Waals surface area contributed by atoms with Gasteiger partial charge >= 0.3 is 0 Å². The molecule has 2 aromatic heterocycles. The maximum atomic E-state index is 13.1. The van der Waals surface area contributed by atoms with E-state index in [1.807, 2.05) is 48.1 Å². The quantitative estimate of drug-likeness (QED) is 0.541. The van der Waals surface area contributed by atoms with Gasteiger partial charge in [0.15, 0.2) is 0 Å². The van der Waals surface area contributed by atoms with Crippen molar-refractivity contribution in [3.8, 4) is 11.3 Å². The van der Waals surface area contributed by atoms with Gasteiger partial charge in [-0.25, -0.2) is 9.37 Å². The van der Waals surface area contributed by atoms with E-state index >= 15 is 0 Å². The molecule has 1 atom stereocenters. The van der Waals surface area contributed by atoms with Gasteiger partial charge in [0.1, 0.15) is 23.2 Å². The van der Waals surface area contributed by atoms with Crippen molar-refractivity contribution < 1.29 is 8.81 Å². The number of nitrogens with zero attached hydrogens (tertiary/aromatic N) is 2. The molecule has 0 aliphatic carbocycles. The molecule has 1 N–H and O–H groups in total. The monoisotopic (exact) mass is 361 g/mol. The predicted molar refractivity (Wildman–Crippen MR) is 102 cm³/mol. The van der Waals surface area contributed by atoms with Crippen LogP contribution in [0.4, 0.5) is 4.39 Å². The lowest BCUT2D eigenvalue weighted by atomic mass is 10.1. The number of benzene rings is 2. The average molecular weight is 361 g/mol. The second-order valence-corrected chi connectivity index (χ2v) is 6.39. The minimum absolute atomic E-state index is 0.0504. The predicted octanol–water partition coefficient (Wildman–Crippen LogP) is 4.70. The molecule has 0 bridgehead atoms. The highest BCUT2D eigenvalue weighted by atomic mass is 19.1. The fourth-order valence-corrected chi connectivity index (χ4v) is 3.10. The first-order valence-electron chi connectivity index (χ1n) is 8.81. The van der Waals surface area contributed by atoms with Crippen LogP contribution in [0, 0.1) is 5.82 Å². The zero-order valence-corrected chi connectivity index (χ0v) is 15.0. The average Bonchev–Trinajstić information content (AvgIpc) is 3.33. The van der Waals surface area contributed by atoms with Gasteiger partial charge in [-0.2, -0.15) is 0 Å². The molecule has 1 unspecified atom stereocenters. The van der Waals surface area contributed by atoms with E-state index in [0.29, 0.717) is 6.54 Å². The first-order chi connectivity index (χ1) is 13.2. The molecule has 0 saturated carbocycles. The summed E-state index contributed by atoms with van der Waals surface area (Å²) in [6.45, 7) is 0.549. The lowest BCUT2D eigenvalue weighted by molar-refractivity contribution is 0.467. The summed E-state index contributed by atoms with van der Waals surface area (Å²) >= 11 is 0. The molecule has 0 saturated heterocycles. The minimum atomic E-state index is -0.257. The molecule has 0 radical (unpaired) electrons. The molecule has 27 heavy (non-hydrogen) atoms. The number of rotatable bonds is 6. The zero-order chi connectivity index (χ0) is 18.6. The molecule has 0 spiro atoms. The molecule has 0 aliphatic rings. The summed E-state index contributed by atoms with van der Waals surface area (Å²) in [5.74, 6) is 2.21. The van der Waals surface area contributed by atoms with Crippen LogP contribution in [0.25, 0.3) is 11.3 Å². The Balaban J connectivity index is 1.53. The second kappa shape index (κ2) is 7.60. The van der Waals surface area contributed by atoms with E-state index in [1.165, 1.54) is 12.1 Å². The summed E-state index contributed by atoms with van der Waals surface area (Å²) in [4.78, 5) is 4.50. The van der Waals surface area contributed by atoms with Crippen molar-refractivity contribution in [3.05, 3.63) is 102 Å². The van der Waals surface area contributed by atoms with Gasteiger partial charge in [-0.1, -0.05) is 30.3 Å². The number of furan rings is 1. The maximum absolute atomic E-state index is 13.1. The van der Waals surface area contributed by atoms with E-state index in [2.05, 4.69) is 22.4 Å². The second-order valence-electron chi connectivity index (χ2n) is 6.39. The zero-order valence-electron chi connectivity index (χ0n) is 15.0. The van der Waals surface area contributed by atoms with Gasteiger partial charge in [0.05, 0.1) is 12.6 Å². The summed E-state index contributed by atoms with van der Waals surface area (Å²) in [7, 11) is 1.99. The van der Waals surface area contributed by atoms with Crippen LogP contribution in [0.5, 0.6) is 0 Å². The Bertz CT molecular complexity index is 1010. The van der Waals surface area contributed by atoms with Crippen LogP contribution in [0.3, 0.4) is 0 Å². The van der Waals surface area contributed by atoms with Crippen LogP contribution in [0.2, 0.25) is 0 Å². The van der Waals surface area contributed by atoms with Crippen LogP contribution >= 0.6 is 0 Å². The molecule has 0 aliphatic heterocycles. The Morgan fingerprint density at radius 3 is 2.52 bits per heavy atom. The number of hydrogen-bond donors (Lipinski definition) is 1. The SMILES string of the molecule is Cn1ccnc1C(NCc1ccc(-c2ccc(F)cc2)o1)c1ccccc1. The van der Waals surface area contributed by atoms with Crippen molar-refractivity contribution in [2.75, 3.05) is 0 Å². The fraction of sp³-hybridized carbons (Fsp3) is 0.136. The molecular weight excluding hydrogens is 341 g/mol. The van der Waals surface area contributed by atoms with Crippen molar-refractivity contribution in [2.45, 2.75) is 12.6 Å². The van der Waals surface area contributed by atoms with Crippen molar-refractivity contribution in [1.29, 1.82) is 0 Å². The highest BCUT2D eigenvalue weighted by Gasteiger charge is 2.18. The highest BCUT2D eigenvalue weighted by Crippen LogP contribution is 2.24. The summed E-state index contributed by atoms with van der Waals surface area (Å²) in [6.07, 6.45) is 3.74. The lowest BCUT2D eigenvalue weighted by Gasteiger charge is -2.18. The van der Waals surface area contributed by atoms with Crippen molar-refractivity contribution in [1.82, 2.24) is 14.9 Å². The minimum Gasteiger partial charge on any atom is -0.460 e. The molecule has 4 nitrogen and oxygen atoms in total. The van der Waals surface area contributed by atoms with Crippen molar-refractivity contribution >= 4 is 0 Å². The molecule has 2 aromatic carbocycles. The van der Waals surface area contributed by atoms with Crippen LogP contribution in [-0.4, -0.2) is 9.55 Å². The number of aromatic nitrogens is 2. The summed E-state index contributed by atoms with van der Waals surface area (Å²) < 4.78 is 21.0. The molecule has 0 amide bonds. The highest BCUT2D eigenvalue weighted by molar-refractivity contribution is 5.57. The van der Waals surface area contributed by atoms with E-state index < -0.39 is 0 Å². The number of hydrogen-bond acceptors (Lipinski definition) is 3. The Kier molecular flexibility index (Phi) is 4.85. The fourth-order valence-electron chi connectivity index (χ4n) is 3.10. The summed E-state index contributed by atoms with van der Waals surface area (Å²) in [5, 5.41) is 3.53. The Morgan fingerprint density at radius 1 is 1.04 bits per heavy atom. The third kappa shape index (κ3) is 3.83. The Morgan fingerprint density at radius 2 is 1.81 bits per heavy atom. The van der Waals surface area contributed by atoms with E-state index in [4.69, 9.17) is 4.42 Å². The number of imidazole rings is 1. The van der Waals surface area contributed by atoms with Crippen LogP contribution in [-0.2, 0) is 13.6 Å². The van der Waals surface area contributed by atoms with Crippen LogP contribution in [0.1, 0.15) is 23.2 Å². The van der Waals surface area contributed by atoms with Crippen LogP contribution < -0.4 is 5.32 Å². The van der Waals surface area contributed by atoms with Gasteiger partial charge in [-0.15, -0.1) is 0 Å². The van der Waals surface area contributed by atoms with Gasteiger partial charge < -0.3 is 8.98 Å². The van der Waals surface area contributed by atoms with Gasteiger partial charge in [0.2, 0.25) is 0 Å². The lowest BCUT2D eigenvalue weighted by Crippen LogP contribution is -2.24. The summed E-state index contributed by atoms with van der Waals surface area (Å²) in [5.41, 5.74) is 1.99. The molecule has 5 heteroatoms. The maximum Gasteiger partial charge on any atom is 0.134 e. The number of aryl methyl sites for hydroxylation is 1. The topological polar surface area (TPSA) is 43.0 Å². The third-order valence-corrected chi connectivity index (χ3v) is 4.52. The van der Waals surface area contributed by atoms with E-state index in [9.17, 15) is 4.39 Å². The van der Waals surface area contributed by atoms with Gasteiger partial charge in [0.25, 0.3) is 0 Å². The molecule has 0 fully saturated rings.